The minimum atomic E-state index is -4.37. The summed E-state index contributed by atoms with van der Waals surface area (Å²) < 4.78 is 38.5. The number of alkyl halides is 3. The van der Waals surface area contributed by atoms with E-state index < -0.39 is 17.3 Å². The maximum Gasteiger partial charge on any atom is 0.416 e. The number of aryl methyl sites for hydroxylation is 2. The third-order valence-corrected chi connectivity index (χ3v) is 3.90. The van der Waals surface area contributed by atoms with Crippen LogP contribution < -0.4 is 5.73 Å². The highest BCUT2D eigenvalue weighted by atomic mass is 19.4. The number of halogens is 3. The Morgan fingerprint density at radius 3 is 1.95 bits per heavy atom. The van der Waals surface area contributed by atoms with Crippen LogP contribution in [0.5, 0.6) is 0 Å². The lowest BCUT2D eigenvalue weighted by atomic mass is 9.84. The predicted molar refractivity (Wildman–Crippen MR) is 78.0 cm³/mol. The molecule has 0 aliphatic carbocycles. The summed E-state index contributed by atoms with van der Waals surface area (Å²) in [5, 5.41) is 0. The van der Waals surface area contributed by atoms with Crippen LogP contribution in [0, 0.1) is 13.8 Å². The van der Waals surface area contributed by atoms with E-state index in [1.54, 1.807) is 13.0 Å². The van der Waals surface area contributed by atoms with Gasteiger partial charge in [-0.25, -0.2) is 0 Å². The molecular formula is C17H18F3N. The fourth-order valence-electron chi connectivity index (χ4n) is 2.25. The SMILES string of the molecule is Cc1ccc(C(C)(N)c2cccc(C(F)(F)F)c2)cc1C. The number of rotatable bonds is 2. The van der Waals surface area contributed by atoms with Gasteiger partial charge in [0, 0.05) is 0 Å². The fourth-order valence-corrected chi connectivity index (χ4v) is 2.25. The third-order valence-electron chi connectivity index (χ3n) is 3.90. The molecule has 2 aromatic rings. The van der Waals surface area contributed by atoms with Crippen molar-refractivity contribution in [1.29, 1.82) is 0 Å². The van der Waals surface area contributed by atoms with Gasteiger partial charge in [0.15, 0.2) is 0 Å². The van der Waals surface area contributed by atoms with Gasteiger partial charge in [0.2, 0.25) is 0 Å². The van der Waals surface area contributed by atoms with Gasteiger partial charge in [-0.1, -0.05) is 30.3 Å². The van der Waals surface area contributed by atoms with Crippen LogP contribution in [-0.2, 0) is 11.7 Å². The van der Waals surface area contributed by atoms with Crippen LogP contribution in [0.3, 0.4) is 0 Å². The fraction of sp³-hybridized carbons (Fsp3) is 0.294. The quantitative estimate of drug-likeness (QED) is 0.864. The van der Waals surface area contributed by atoms with E-state index in [4.69, 9.17) is 5.73 Å². The van der Waals surface area contributed by atoms with Gasteiger partial charge in [-0.3, -0.25) is 0 Å². The van der Waals surface area contributed by atoms with E-state index in [0.29, 0.717) is 5.56 Å². The number of nitrogens with two attached hydrogens (primary N) is 1. The predicted octanol–water partition coefficient (Wildman–Crippen LogP) is 4.54. The van der Waals surface area contributed by atoms with Crippen molar-refractivity contribution in [2.75, 3.05) is 0 Å². The summed E-state index contributed by atoms with van der Waals surface area (Å²) in [5.74, 6) is 0. The largest absolute Gasteiger partial charge is 0.416 e. The molecule has 1 nitrogen and oxygen atoms in total. The van der Waals surface area contributed by atoms with Crippen molar-refractivity contribution in [3.63, 3.8) is 0 Å². The molecule has 0 aliphatic heterocycles. The number of benzene rings is 2. The Kier molecular flexibility index (Phi) is 3.85. The first-order chi connectivity index (χ1) is 9.62. The van der Waals surface area contributed by atoms with Crippen molar-refractivity contribution >= 4 is 0 Å². The Labute approximate surface area is 122 Å². The Balaban J connectivity index is 2.50. The molecule has 4 heteroatoms. The molecule has 0 spiro atoms. The van der Waals surface area contributed by atoms with Crippen LogP contribution in [0.2, 0.25) is 0 Å². The maximum absolute atomic E-state index is 12.8. The second-order valence-corrected chi connectivity index (χ2v) is 5.58. The van der Waals surface area contributed by atoms with E-state index in [-0.39, 0.29) is 0 Å². The third kappa shape index (κ3) is 3.10. The minimum Gasteiger partial charge on any atom is -0.318 e. The van der Waals surface area contributed by atoms with Crippen molar-refractivity contribution < 1.29 is 13.2 Å². The summed E-state index contributed by atoms with van der Waals surface area (Å²) in [5.41, 5.74) is 8.10. The molecule has 112 valence electrons. The molecule has 1 atom stereocenters. The molecule has 0 aliphatic rings. The molecule has 0 radical (unpaired) electrons. The van der Waals surface area contributed by atoms with Crippen LogP contribution in [0.4, 0.5) is 13.2 Å². The first kappa shape index (κ1) is 15.6. The molecular weight excluding hydrogens is 275 g/mol. The van der Waals surface area contributed by atoms with Crippen LogP contribution in [0.1, 0.15) is 34.7 Å². The first-order valence-electron chi connectivity index (χ1n) is 6.67. The summed E-state index contributed by atoms with van der Waals surface area (Å²) in [6.45, 7) is 5.67. The molecule has 0 bridgehead atoms. The van der Waals surface area contributed by atoms with Crippen molar-refractivity contribution in [2.45, 2.75) is 32.5 Å². The highest BCUT2D eigenvalue weighted by molar-refractivity contribution is 5.42. The molecule has 21 heavy (non-hydrogen) atoms. The second-order valence-electron chi connectivity index (χ2n) is 5.58. The lowest BCUT2D eigenvalue weighted by molar-refractivity contribution is -0.137. The zero-order valence-electron chi connectivity index (χ0n) is 12.3. The van der Waals surface area contributed by atoms with Crippen LogP contribution in [0.15, 0.2) is 42.5 Å². The van der Waals surface area contributed by atoms with E-state index in [9.17, 15) is 13.2 Å². The highest BCUT2D eigenvalue weighted by Crippen LogP contribution is 2.34. The molecule has 2 aromatic carbocycles. The monoisotopic (exact) mass is 293 g/mol. The molecule has 0 saturated heterocycles. The lowest BCUT2D eigenvalue weighted by Gasteiger charge is -2.27. The van der Waals surface area contributed by atoms with Crippen molar-refractivity contribution in [2.24, 2.45) is 5.73 Å². The van der Waals surface area contributed by atoms with Crippen LogP contribution in [-0.4, -0.2) is 0 Å². The minimum absolute atomic E-state index is 0.445. The zero-order chi connectivity index (χ0) is 15.8. The molecule has 2 N–H and O–H groups in total. The summed E-state index contributed by atoms with van der Waals surface area (Å²) in [6, 6.07) is 10.9. The number of hydrogen-bond donors (Lipinski definition) is 1. The van der Waals surface area contributed by atoms with Crippen molar-refractivity contribution in [3.8, 4) is 0 Å². The molecule has 0 saturated carbocycles. The molecule has 0 amide bonds. The van der Waals surface area contributed by atoms with Crippen LogP contribution >= 0.6 is 0 Å². The first-order valence-corrected chi connectivity index (χ1v) is 6.67. The smallest absolute Gasteiger partial charge is 0.318 e. The van der Waals surface area contributed by atoms with Crippen molar-refractivity contribution in [3.05, 3.63) is 70.3 Å². The Bertz CT molecular complexity index is 657. The van der Waals surface area contributed by atoms with Gasteiger partial charge in [-0.15, -0.1) is 0 Å². The Morgan fingerprint density at radius 1 is 0.810 bits per heavy atom. The molecule has 0 aromatic heterocycles. The van der Waals surface area contributed by atoms with E-state index >= 15 is 0 Å². The Hall–Kier alpha value is -1.81. The average Bonchev–Trinajstić information content (AvgIpc) is 2.41. The van der Waals surface area contributed by atoms with E-state index in [1.807, 2.05) is 32.0 Å². The van der Waals surface area contributed by atoms with Crippen LogP contribution in [0.25, 0.3) is 0 Å². The standard InChI is InChI=1S/C17H18F3N/c1-11-7-8-14(9-12(11)2)16(3,21)13-5-4-6-15(10-13)17(18,19)20/h4-10H,21H2,1-3H3. The number of hydrogen-bond acceptors (Lipinski definition) is 1. The van der Waals surface area contributed by atoms with E-state index in [1.165, 1.54) is 6.07 Å². The zero-order valence-corrected chi connectivity index (χ0v) is 12.3. The highest BCUT2D eigenvalue weighted by Gasteiger charge is 2.32. The van der Waals surface area contributed by atoms with Gasteiger partial charge in [0.25, 0.3) is 0 Å². The van der Waals surface area contributed by atoms with Crippen molar-refractivity contribution in [1.82, 2.24) is 0 Å². The maximum atomic E-state index is 12.8. The summed E-state index contributed by atoms with van der Waals surface area (Å²) in [4.78, 5) is 0. The molecule has 1 unspecified atom stereocenters. The summed E-state index contributed by atoms with van der Waals surface area (Å²) >= 11 is 0. The Morgan fingerprint density at radius 2 is 1.38 bits per heavy atom. The van der Waals surface area contributed by atoms with Gasteiger partial charge in [0.1, 0.15) is 0 Å². The molecule has 0 heterocycles. The average molecular weight is 293 g/mol. The van der Waals surface area contributed by atoms with E-state index in [2.05, 4.69) is 0 Å². The van der Waals surface area contributed by atoms with Gasteiger partial charge >= 0.3 is 6.18 Å². The van der Waals surface area contributed by atoms with Gasteiger partial charge in [-0.05, 0) is 55.2 Å². The topological polar surface area (TPSA) is 26.0 Å². The normalized spacial score (nSPS) is 14.8. The van der Waals surface area contributed by atoms with Gasteiger partial charge in [-0.2, -0.15) is 13.2 Å². The van der Waals surface area contributed by atoms with Gasteiger partial charge in [0.05, 0.1) is 11.1 Å². The molecule has 0 fully saturated rings. The summed E-state index contributed by atoms with van der Waals surface area (Å²) in [7, 11) is 0. The second kappa shape index (κ2) is 5.19. The van der Waals surface area contributed by atoms with Gasteiger partial charge < -0.3 is 5.73 Å². The molecule has 2 rings (SSSR count). The lowest BCUT2D eigenvalue weighted by Crippen LogP contribution is -2.34. The van der Waals surface area contributed by atoms with E-state index in [0.717, 1.165) is 28.8 Å². The summed E-state index contributed by atoms with van der Waals surface area (Å²) in [6.07, 6.45) is -4.37.